The van der Waals surface area contributed by atoms with Crippen LogP contribution < -0.4 is 5.32 Å². The maximum atomic E-state index is 15.1. The molecular formula is C17H17F3N4O3S. The average molecular weight is 414 g/mol. The number of anilines is 1. The van der Waals surface area contributed by atoms with E-state index in [-0.39, 0.29) is 18.7 Å². The standard InChI is InChI=1S/C17H17F3N4O3S/c18-12-4-3-5-14(10-12)28(26,27)17(19,20)15-6-1-2-9-24(15)16(25)23-13-7-8-21-22-11-13/h3-5,7-8,10-11,15H,1-2,6,9H2,(H,21,23,25). The zero-order chi connectivity index (χ0) is 20.4. The number of piperidine rings is 1. The molecule has 1 N–H and O–H groups in total. The van der Waals surface area contributed by atoms with Crippen molar-refractivity contribution in [1.29, 1.82) is 0 Å². The topological polar surface area (TPSA) is 92.3 Å². The highest BCUT2D eigenvalue weighted by molar-refractivity contribution is 7.92. The third-order valence-corrected chi connectivity index (χ3v) is 6.31. The summed E-state index contributed by atoms with van der Waals surface area (Å²) in [5.74, 6) is -0.944. The first-order valence-corrected chi connectivity index (χ1v) is 9.94. The molecule has 0 bridgehead atoms. The van der Waals surface area contributed by atoms with Gasteiger partial charge in [0, 0.05) is 6.54 Å². The van der Waals surface area contributed by atoms with Gasteiger partial charge in [-0.05, 0) is 43.5 Å². The SMILES string of the molecule is O=C(Nc1ccnnc1)N1CCCCC1C(F)(F)S(=O)(=O)c1cccc(F)c1. The van der Waals surface area contributed by atoms with Crippen LogP contribution in [0.4, 0.5) is 23.7 Å². The number of nitrogens with zero attached hydrogens (tertiary/aromatic N) is 3. The number of halogens is 3. The predicted octanol–water partition coefficient (Wildman–Crippen LogP) is 3.07. The average Bonchev–Trinajstić information content (AvgIpc) is 2.68. The van der Waals surface area contributed by atoms with E-state index >= 15 is 8.78 Å². The van der Waals surface area contributed by atoms with Gasteiger partial charge in [0.1, 0.15) is 11.9 Å². The highest BCUT2D eigenvalue weighted by atomic mass is 32.2. The van der Waals surface area contributed by atoms with E-state index < -0.39 is 37.9 Å². The number of carbonyl (C=O) groups is 1. The molecule has 1 fully saturated rings. The molecule has 1 aromatic heterocycles. The Balaban J connectivity index is 1.90. The first kappa shape index (κ1) is 20.1. The molecule has 0 saturated carbocycles. The number of rotatable bonds is 4. The minimum Gasteiger partial charge on any atom is -0.314 e. The number of amides is 2. The number of carbonyl (C=O) groups excluding carboxylic acids is 1. The lowest BCUT2D eigenvalue weighted by molar-refractivity contribution is -0.0108. The third-order valence-electron chi connectivity index (χ3n) is 4.45. The summed E-state index contributed by atoms with van der Waals surface area (Å²) in [5, 5.41) is 5.24. The van der Waals surface area contributed by atoms with Crippen molar-refractivity contribution >= 4 is 21.6 Å². The van der Waals surface area contributed by atoms with Crippen molar-refractivity contribution in [3.05, 3.63) is 48.5 Å². The smallest absolute Gasteiger partial charge is 0.314 e. The Bertz CT molecular complexity index is 957. The van der Waals surface area contributed by atoms with Crippen LogP contribution in [0.5, 0.6) is 0 Å². The molecule has 11 heteroatoms. The lowest BCUT2D eigenvalue weighted by Crippen LogP contribution is -2.57. The van der Waals surface area contributed by atoms with Gasteiger partial charge < -0.3 is 10.2 Å². The number of urea groups is 1. The van der Waals surface area contributed by atoms with Gasteiger partial charge >= 0.3 is 11.3 Å². The number of likely N-dealkylation sites (tertiary alicyclic amines) is 1. The summed E-state index contributed by atoms with van der Waals surface area (Å²) in [6.45, 7) is -0.0384. The minimum atomic E-state index is -5.22. The van der Waals surface area contributed by atoms with Gasteiger partial charge in [-0.2, -0.15) is 19.0 Å². The van der Waals surface area contributed by atoms with Gasteiger partial charge in [0.05, 0.1) is 23.0 Å². The van der Waals surface area contributed by atoms with Crippen molar-refractivity contribution in [2.75, 3.05) is 11.9 Å². The van der Waals surface area contributed by atoms with Crippen LogP contribution in [0.2, 0.25) is 0 Å². The molecule has 0 radical (unpaired) electrons. The summed E-state index contributed by atoms with van der Waals surface area (Å²) < 4.78 is 68.7. The van der Waals surface area contributed by atoms with Gasteiger partial charge in [-0.25, -0.2) is 17.6 Å². The molecule has 1 atom stereocenters. The van der Waals surface area contributed by atoms with Crippen molar-refractivity contribution < 1.29 is 26.4 Å². The fraction of sp³-hybridized carbons (Fsp3) is 0.353. The quantitative estimate of drug-likeness (QED) is 0.830. The van der Waals surface area contributed by atoms with Crippen molar-refractivity contribution in [2.45, 2.75) is 35.5 Å². The maximum absolute atomic E-state index is 15.1. The van der Waals surface area contributed by atoms with Crippen molar-refractivity contribution in [3.8, 4) is 0 Å². The van der Waals surface area contributed by atoms with Crippen LogP contribution in [0.3, 0.4) is 0 Å². The van der Waals surface area contributed by atoms with Crippen LogP contribution in [-0.4, -0.2) is 47.4 Å². The Morgan fingerprint density at radius 2 is 2.00 bits per heavy atom. The maximum Gasteiger partial charge on any atom is 0.369 e. The van der Waals surface area contributed by atoms with E-state index in [9.17, 15) is 17.6 Å². The van der Waals surface area contributed by atoms with Crippen LogP contribution in [0.1, 0.15) is 19.3 Å². The summed E-state index contributed by atoms with van der Waals surface area (Å²) in [6, 6.07) is 2.11. The Labute approximate surface area is 159 Å². The highest BCUT2D eigenvalue weighted by Gasteiger charge is 2.56. The van der Waals surface area contributed by atoms with E-state index in [4.69, 9.17) is 0 Å². The molecule has 3 rings (SSSR count). The Morgan fingerprint density at radius 1 is 1.21 bits per heavy atom. The fourth-order valence-corrected chi connectivity index (χ4v) is 4.50. The Morgan fingerprint density at radius 3 is 2.68 bits per heavy atom. The van der Waals surface area contributed by atoms with Crippen molar-refractivity contribution in [3.63, 3.8) is 0 Å². The van der Waals surface area contributed by atoms with Crippen LogP contribution in [-0.2, 0) is 9.84 Å². The number of hydrogen-bond donors (Lipinski definition) is 1. The molecule has 2 heterocycles. The number of hydrogen-bond acceptors (Lipinski definition) is 5. The molecule has 1 unspecified atom stereocenters. The summed E-state index contributed by atoms with van der Waals surface area (Å²) in [4.78, 5) is 12.5. The van der Waals surface area contributed by atoms with E-state index in [1.807, 2.05) is 0 Å². The van der Waals surface area contributed by atoms with Crippen molar-refractivity contribution in [1.82, 2.24) is 15.1 Å². The summed E-state index contributed by atoms with van der Waals surface area (Å²) in [6.07, 6.45) is 3.13. The normalized spacial score (nSPS) is 18.0. The summed E-state index contributed by atoms with van der Waals surface area (Å²) in [7, 11) is -5.22. The van der Waals surface area contributed by atoms with Gasteiger partial charge in [-0.15, -0.1) is 0 Å². The monoisotopic (exact) mass is 414 g/mol. The van der Waals surface area contributed by atoms with Gasteiger partial charge in [0.2, 0.25) is 9.84 Å². The molecule has 28 heavy (non-hydrogen) atoms. The van der Waals surface area contributed by atoms with E-state index in [0.29, 0.717) is 18.9 Å². The number of nitrogens with one attached hydrogen (secondary N) is 1. The largest absolute Gasteiger partial charge is 0.369 e. The van der Waals surface area contributed by atoms with E-state index in [1.54, 1.807) is 0 Å². The second-order valence-electron chi connectivity index (χ2n) is 6.29. The molecule has 150 valence electrons. The highest BCUT2D eigenvalue weighted by Crippen LogP contribution is 2.39. The van der Waals surface area contributed by atoms with Crippen LogP contribution in [0.25, 0.3) is 0 Å². The molecule has 2 amide bonds. The summed E-state index contributed by atoms with van der Waals surface area (Å²) in [5.41, 5.74) is 0.237. The second-order valence-corrected chi connectivity index (χ2v) is 8.31. The Kier molecular flexibility index (Phi) is 5.54. The fourth-order valence-electron chi connectivity index (χ4n) is 3.05. The molecule has 1 aliphatic heterocycles. The van der Waals surface area contributed by atoms with Crippen LogP contribution >= 0.6 is 0 Å². The van der Waals surface area contributed by atoms with E-state index in [2.05, 4.69) is 15.5 Å². The number of benzene rings is 1. The van der Waals surface area contributed by atoms with Gasteiger partial charge in [0.25, 0.3) is 0 Å². The summed E-state index contributed by atoms with van der Waals surface area (Å²) >= 11 is 0. The predicted molar refractivity (Wildman–Crippen MR) is 93.9 cm³/mol. The van der Waals surface area contributed by atoms with E-state index in [1.165, 1.54) is 18.5 Å². The number of alkyl halides is 2. The zero-order valence-corrected chi connectivity index (χ0v) is 15.4. The molecule has 1 saturated heterocycles. The van der Waals surface area contributed by atoms with E-state index in [0.717, 1.165) is 23.1 Å². The molecule has 1 aromatic carbocycles. The van der Waals surface area contributed by atoms with Gasteiger partial charge in [-0.3, -0.25) is 0 Å². The van der Waals surface area contributed by atoms with Crippen LogP contribution in [0, 0.1) is 5.82 Å². The number of aromatic nitrogens is 2. The molecule has 0 aliphatic carbocycles. The first-order valence-electron chi connectivity index (χ1n) is 8.46. The lowest BCUT2D eigenvalue weighted by Gasteiger charge is -2.39. The van der Waals surface area contributed by atoms with Gasteiger partial charge in [0.15, 0.2) is 0 Å². The van der Waals surface area contributed by atoms with Gasteiger partial charge in [-0.1, -0.05) is 6.07 Å². The lowest BCUT2D eigenvalue weighted by atomic mass is 10.0. The van der Waals surface area contributed by atoms with Crippen LogP contribution in [0.15, 0.2) is 47.6 Å². The molecule has 1 aliphatic rings. The second kappa shape index (κ2) is 7.74. The molecule has 0 spiro atoms. The Hall–Kier alpha value is -2.69. The first-order chi connectivity index (χ1) is 13.2. The minimum absolute atomic E-state index is 0.0384. The number of sulfone groups is 1. The third kappa shape index (κ3) is 3.79. The molecular weight excluding hydrogens is 397 g/mol. The zero-order valence-electron chi connectivity index (χ0n) is 14.6. The molecule has 7 nitrogen and oxygen atoms in total. The molecule has 2 aromatic rings. The van der Waals surface area contributed by atoms with Crippen molar-refractivity contribution in [2.24, 2.45) is 0 Å².